The van der Waals surface area contributed by atoms with E-state index in [9.17, 15) is 9.59 Å². The van der Waals surface area contributed by atoms with Crippen molar-refractivity contribution >= 4 is 16.8 Å². The number of ether oxygens (including phenoxy) is 2. The molecule has 9 heteroatoms. The number of benzene rings is 1. The van der Waals surface area contributed by atoms with Crippen LogP contribution in [0.1, 0.15) is 6.42 Å². The van der Waals surface area contributed by atoms with Crippen LogP contribution in [-0.2, 0) is 11.3 Å². The number of fused-ring (bicyclic) bond motifs is 1. The number of hydrogen-bond donors (Lipinski definition) is 0. The molecule has 0 bridgehead atoms. The topological polar surface area (TPSA) is 99.4 Å². The molecule has 1 aromatic carbocycles. The molecule has 3 aromatic rings. The highest BCUT2D eigenvalue weighted by molar-refractivity contribution is 5.79. The molecule has 1 amide bonds. The van der Waals surface area contributed by atoms with Crippen LogP contribution in [0.25, 0.3) is 10.9 Å². The van der Waals surface area contributed by atoms with Crippen molar-refractivity contribution in [2.75, 3.05) is 20.2 Å². The standard InChI is InChI=1S/C19H19N5O4/c1-27-16-6-7-17(22-21-16)28-13-8-9-23(10-13)18(25)11-24-12-20-15-5-3-2-4-14(15)19(24)26/h2-7,12-13H,8-11H2,1H3/t13-/m0/s1. The van der Waals surface area contributed by atoms with Gasteiger partial charge in [0, 0.05) is 25.1 Å². The average molecular weight is 381 g/mol. The zero-order valence-electron chi connectivity index (χ0n) is 15.3. The van der Waals surface area contributed by atoms with E-state index in [1.54, 1.807) is 35.2 Å². The first-order valence-electron chi connectivity index (χ1n) is 8.90. The molecule has 2 aromatic heterocycles. The summed E-state index contributed by atoms with van der Waals surface area (Å²) in [5.41, 5.74) is 0.394. The van der Waals surface area contributed by atoms with Gasteiger partial charge in [0.15, 0.2) is 0 Å². The van der Waals surface area contributed by atoms with E-state index in [1.165, 1.54) is 18.0 Å². The molecule has 0 aliphatic carbocycles. The third-order valence-electron chi connectivity index (χ3n) is 4.65. The van der Waals surface area contributed by atoms with E-state index in [0.717, 1.165) is 0 Å². The number of carbonyl (C=O) groups excluding carboxylic acids is 1. The van der Waals surface area contributed by atoms with Gasteiger partial charge in [-0.15, -0.1) is 10.2 Å². The molecule has 1 aliphatic rings. The van der Waals surface area contributed by atoms with Crippen LogP contribution in [0.15, 0.2) is 47.5 Å². The molecule has 0 saturated carbocycles. The van der Waals surface area contributed by atoms with Crippen molar-refractivity contribution in [1.29, 1.82) is 0 Å². The minimum Gasteiger partial charge on any atom is -0.480 e. The van der Waals surface area contributed by atoms with E-state index in [0.29, 0.717) is 42.2 Å². The quantitative estimate of drug-likeness (QED) is 0.647. The molecule has 1 aliphatic heterocycles. The Hall–Kier alpha value is -3.49. The van der Waals surface area contributed by atoms with Crippen LogP contribution in [0.2, 0.25) is 0 Å². The third kappa shape index (κ3) is 3.64. The summed E-state index contributed by atoms with van der Waals surface area (Å²) in [7, 11) is 1.52. The van der Waals surface area contributed by atoms with Gasteiger partial charge in [-0.2, -0.15) is 0 Å². The molecule has 4 rings (SSSR count). The number of nitrogens with zero attached hydrogens (tertiary/aromatic N) is 5. The summed E-state index contributed by atoms with van der Waals surface area (Å²) in [5.74, 6) is 0.645. The molecule has 3 heterocycles. The summed E-state index contributed by atoms with van der Waals surface area (Å²) in [6.45, 7) is 0.941. The van der Waals surface area contributed by atoms with Crippen molar-refractivity contribution in [3.8, 4) is 11.8 Å². The fourth-order valence-corrected chi connectivity index (χ4v) is 3.17. The van der Waals surface area contributed by atoms with E-state index in [4.69, 9.17) is 9.47 Å². The van der Waals surface area contributed by atoms with Gasteiger partial charge in [-0.25, -0.2) is 4.98 Å². The first kappa shape index (κ1) is 17.9. The highest BCUT2D eigenvalue weighted by Crippen LogP contribution is 2.17. The monoisotopic (exact) mass is 381 g/mol. The molecule has 0 N–H and O–H groups in total. The first-order valence-corrected chi connectivity index (χ1v) is 8.90. The highest BCUT2D eigenvalue weighted by Gasteiger charge is 2.28. The first-order chi connectivity index (χ1) is 13.6. The second-order valence-electron chi connectivity index (χ2n) is 6.48. The van der Waals surface area contributed by atoms with Crippen LogP contribution in [-0.4, -0.2) is 56.9 Å². The number of rotatable bonds is 5. The summed E-state index contributed by atoms with van der Waals surface area (Å²) >= 11 is 0. The molecular formula is C19H19N5O4. The molecule has 1 saturated heterocycles. The van der Waals surface area contributed by atoms with Crippen molar-refractivity contribution in [3.63, 3.8) is 0 Å². The summed E-state index contributed by atoms with van der Waals surface area (Å²) in [4.78, 5) is 31.1. The molecule has 1 fully saturated rings. The molecule has 9 nitrogen and oxygen atoms in total. The van der Waals surface area contributed by atoms with Gasteiger partial charge >= 0.3 is 0 Å². The largest absolute Gasteiger partial charge is 0.480 e. The normalized spacial score (nSPS) is 16.3. The minimum atomic E-state index is -0.223. The maximum atomic E-state index is 12.6. The number of hydrogen-bond acceptors (Lipinski definition) is 7. The van der Waals surface area contributed by atoms with E-state index < -0.39 is 0 Å². The number of para-hydroxylation sites is 1. The highest BCUT2D eigenvalue weighted by atomic mass is 16.5. The zero-order valence-corrected chi connectivity index (χ0v) is 15.3. The van der Waals surface area contributed by atoms with Gasteiger partial charge in [0.2, 0.25) is 17.7 Å². The average Bonchev–Trinajstić information content (AvgIpc) is 3.19. The summed E-state index contributed by atoms with van der Waals surface area (Å²) in [6.07, 6.45) is 1.93. The van der Waals surface area contributed by atoms with Crippen LogP contribution in [0, 0.1) is 0 Å². The maximum Gasteiger partial charge on any atom is 0.261 e. The smallest absolute Gasteiger partial charge is 0.261 e. The number of amides is 1. The van der Waals surface area contributed by atoms with Crippen molar-refractivity contribution in [2.24, 2.45) is 0 Å². The second-order valence-corrected chi connectivity index (χ2v) is 6.48. The number of carbonyl (C=O) groups is 1. The predicted molar refractivity (Wildman–Crippen MR) is 100 cm³/mol. The molecular weight excluding hydrogens is 362 g/mol. The SMILES string of the molecule is COc1ccc(O[C@H]2CCN(C(=O)Cn3cnc4ccccc4c3=O)C2)nn1. The van der Waals surface area contributed by atoms with Gasteiger partial charge in [0.25, 0.3) is 5.56 Å². The van der Waals surface area contributed by atoms with Crippen LogP contribution < -0.4 is 15.0 Å². The Morgan fingerprint density at radius 2 is 1.96 bits per heavy atom. The van der Waals surface area contributed by atoms with Crippen LogP contribution in [0.5, 0.6) is 11.8 Å². The lowest BCUT2D eigenvalue weighted by Crippen LogP contribution is -2.36. The number of methoxy groups -OCH3 is 1. The Labute approximate surface area is 160 Å². The van der Waals surface area contributed by atoms with Gasteiger partial charge in [0.1, 0.15) is 12.6 Å². The minimum absolute atomic E-state index is 0.0499. The Balaban J connectivity index is 1.39. The second kappa shape index (κ2) is 7.63. The summed E-state index contributed by atoms with van der Waals surface area (Å²) < 4.78 is 12.1. The Morgan fingerprint density at radius 3 is 2.75 bits per heavy atom. The van der Waals surface area contributed by atoms with Crippen LogP contribution in [0.4, 0.5) is 0 Å². The Kier molecular flexibility index (Phi) is 4.88. The number of likely N-dealkylation sites (tertiary alicyclic amines) is 1. The van der Waals surface area contributed by atoms with Crippen molar-refractivity contribution < 1.29 is 14.3 Å². The van der Waals surface area contributed by atoms with Gasteiger partial charge < -0.3 is 14.4 Å². The third-order valence-corrected chi connectivity index (χ3v) is 4.65. The van der Waals surface area contributed by atoms with Crippen molar-refractivity contribution in [1.82, 2.24) is 24.6 Å². The molecule has 1 atom stereocenters. The van der Waals surface area contributed by atoms with Gasteiger partial charge in [-0.3, -0.25) is 14.2 Å². The molecule has 0 spiro atoms. The fourth-order valence-electron chi connectivity index (χ4n) is 3.17. The molecule has 144 valence electrons. The van der Waals surface area contributed by atoms with Crippen LogP contribution in [0.3, 0.4) is 0 Å². The van der Waals surface area contributed by atoms with E-state index in [2.05, 4.69) is 15.2 Å². The van der Waals surface area contributed by atoms with Gasteiger partial charge in [0.05, 0.1) is 30.9 Å². The van der Waals surface area contributed by atoms with E-state index >= 15 is 0 Å². The lowest BCUT2D eigenvalue weighted by atomic mass is 10.2. The van der Waals surface area contributed by atoms with Gasteiger partial charge in [-0.1, -0.05) is 12.1 Å². The molecule has 0 unspecified atom stereocenters. The molecule has 0 radical (unpaired) electrons. The summed E-state index contributed by atoms with van der Waals surface area (Å²) in [6, 6.07) is 10.4. The number of aromatic nitrogens is 4. The Morgan fingerprint density at radius 1 is 1.18 bits per heavy atom. The van der Waals surface area contributed by atoms with Gasteiger partial charge in [-0.05, 0) is 12.1 Å². The van der Waals surface area contributed by atoms with E-state index in [-0.39, 0.29) is 24.1 Å². The van der Waals surface area contributed by atoms with E-state index in [1.807, 2.05) is 6.07 Å². The van der Waals surface area contributed by atoms with Crippen molar-refractivity contribution in [2.45, 2.75) is 19.1 Å². The molecule has 28 heavy (non-hydrogen) atoms. The van der Waals surface area contributed by atoms with Crippen LogP contribution >= 0.6 is 0 Å². The maximum absolute atomic E-state index is 12.6. The zero-order chi connectivity index (χ0) is 19.5. The predicted octanol–water partition coefficient (Wildman–Crippen LogP) is 0.875. The lowest BCUT2D eigenvalue weighted by molar-refractivity contribution is -0.131. The fraction of sp³-hybridized carbons (Fsp3) is 0.316. The summed E-state index contributed by atoms with van der Waals surface area (Å²) in [5, 5.41) is 8.30. The lowest BCUT2D eigenvalue weighted by Gasteiger charge is -2.17. The Bertz CT molecular complexity index is 1050. The van der Waals surface area contributed by atoms with Crippen molar-refractivity contribution in [3.05, 3.63) is 53.1 Å².